The van der Waals surface area contributed by atoms with Crippen molar-refractivity contribution in [3.8, 4) is 0 Å². The van der Waals surface area contributed by atoms with E-state index in [1.54, 1.807) is 11.8 Å². The third-order valence-electron chi connectivity index (χ3n) is 3.18. The molecule has 0 spiro atoms. The molecular weight excluding hydrogens is 236 g/mol. The molecule has 1 saturated heterocycles. The summed E-state index contributed by atoms with van der Waals surface area (Å²) < 4.78 is 0. The van der Waals surface area contributed by atoms with Gasteiger partial charge in [0.15, 0.2) is 0 Å². The fraction of sp³-hybridized carbons (Fsp3) is 0.917. The summed E-state index contributed by atoms with van der Waals surface area (Å²) in [7, 11) is 0. The van der Waals surface area contributed by atoms with Gasteiger partial charge in [-0.25, -0.2) is 0 Å². The maximum absolute atomic E-state index is 11.2. The number of nitrogens with one attached hydrogen (secondary N) is 1. The molecule has 1 unspecified atom stereocenters. The van der Waals surface area contributed by atoms with Crippen LogP contribution in [0.5, 0.6) is 0 Å². The Morgan fingerprint density at radius 2 is 2.35 bits per heavy atom. The SMILES string of the molecule is CSCC(=O)NCCCN1CCCCC1CO. The lowest BCUT2D eigenvalue weighted by molar-refractivity contribution is -0.118. The maximum Gasteiger partial charge on any atom is 0.229 e. The number of nitrogens with zero attached hydrogens (tertiary/aromatic N) is 1. The molecule has 1 fully saturated rings. The summed E-state index contributed by atoms with van der Waals surface area (Å²) in [5.74, 6) is 0.665. The van der Waals surface area contributed by atoms with Crippen LogP contribution < -0.4 is 5.32 Å². The zero-order valence-electron chi connectivity index (χ0n) is 10.7. The minimum atomic E-state index is 0.120. The van der Waals surface area contributed by atoms with E-state index < -0.39 is 0 Å². The molecule has 5 heteroatoms. The fourth-order valence-corrected chi connectivity index (χ4v) is 2.62. The van der Waals surface area contributed by atoms with Gasteiger partial charge >= 0.3 is 0 Å². The standard InChI is InChI=1S/C12H24N2O2S/c1-17-10-12(16)13-6-4-8-14-7-3-2-5-11(14)9-15/h11,15H,2-10H2,1H3,(H,13,16). The second-order valence-corrected chi connectivity index (χ2v) is 5.37. The first kappa shape index (κ1) is 14.8. The van der Waals surface area contributed by atoms with Crippen LogP contribution in [0.15, 0.2) is 0 Å². The zero-order valence-corrected chi connectivity index (χ0v) is 11.5. The van der Waals surface area contributed by atoms with Crippen molar-refractivity contribution in [3.63, 3.8) is 0 Å². The van der Waals surface area contributed by atoms with E-state index in [9.17, 15) is 9.90 Å². The summed E-state index contributed by atoms with van der Waals surface area (Å²) in [6, 6.07) is 0.339. The molecule has 1 aliphatic heterocycles. The van der Waals surface area contributed by atoms with E-state index in [-0.39, 0.29) is 12.5 Å². The summed E-state index contributed by atoms with van der Waals surface area (Å²) in [4.78, 5) is 13.6. The summed E-state index contributed by atoms with van der Waals surface area (Å²) in [5, 5.41) is 12.2. The minimum absolute atomic E-state index is 0.120. The van der Waals surface area contributed by atoms with Crippen LogP contribution >= 0.6 is 11.8 Å². The van der Waals surface area contributed by atoms with Gasteiger partial charge in [-0.3, -0.25) is 9.69 Å². The van der Waals surface area contributed by atoms with Crippen molar-refractivity contribution in [3.05, 3.63) is 0 Å². The molecule has 17 heavy (non-hydrogen) atoms. The Labute approximate surface area is 108 Å². The van der Waals surface area contributed by atoms with Gasteiger partial charge in [-0.15, -0.1) is 0 Å². The minimum Gasteiger partial charge on any atom is -0.395 e. The van der Waals surface area contributed by atoms with E-state index in [4.69, 9.17) is 0 Å². The molecule has 0 aromatic rings. The molecule has 0 saturated carbocycles. The number of likely N-dealkylation sites (tertiary alicyclic amines) is 1. The maximum atomic E-state index is 11.2. The molecular formula is C12H24N2O2S. The smallest absolute Gasteiger partial charge is 0.229 e. The zero-order chi connectivity index (χ0) is 12.5. The van der Waals surface area contributed by atoms with Crippen molar-refractivity contribution in [2.24, 2.45) is 0 Å². The second-order valence-electron chi connectivity index (χ2n) is 4.50. The Balaban J connectivity index is 2.10. The van der Waals surface area contributed by atoms with Crippen LogP contribution in [0.3, 0.4) is 0 Å². The number of aliphatic hydroxyl groups excluding tert-OH is 1. The van der Waals surface area contributed by atoms with E-state index in [0.717, 1.165) is 32.5 Å². The number of piperidine rings is 1. The van der Waals surface area contributed by atoms with Gasteiger partial charge in [-0.2, -0.15) is 11.8 Å². The van der Waals surface area contributed by atoms with Crippen molar-refractivity contribution in [1.82, 2.24) is 10.2 Å². The van der Waals surface area contributed by atoms with Crippen LogP contribution in [0.2, 0.25) is 0 Å². The molecule has 0 radical (unpaired) electrons. The van der Waals surface area contributed by atoms with Crippen LogP contribution in [0.1, 0.15) is 25.7 Å². The first-order chi connectivity index (χ1) is 8.27. The highest BCUT2D eigenvalue weighted by Gasteiger charge is 2.20. The van der Waals surface area contributed by atoms with Gasteiger partial charge in [0.1, 0.15) is 0 Å². The molecule has 1 amide bonds. The van der Waals surface area contributed by atoms with E-state index in [1.165, 1.54) is 12.8 Å². The van der Waals surface area contributed by atoms with Gasteiger partial charge in [-0.05, 0) is 32.1 Å². The molecule has 1 heterocycles. The Morgan fingerprint density at radius 3 is 3.06 bits per heavy atom. The summed E-state index contributed by atoms with van der Waals surface area (Å²) in [6.07, 6.45) is 6.46. The summed E-state index contributed by atoms with van der Waals surface area (Å²) in [5.41, 5.74) is 0. The van der Waals surface area contributed by atoms with Crippen molar-refractivity contribution < 1.29 is 9.90 Å². The molecule has 2 N–H and O–H groups in total. The Kier molecular flexibility index (Phi) is 7.64. The Morgan fingerprint density at radius 1 is 1.53 bits per heavy atom. The summed E-state index contributed by atoms with van der Waals surface area (Å²) in [6.45, 7) is 3.07. The third-order valence-corrected chi connectivity index (χ3v) is 3.73. The molecule has 1 aliphatic rings. The number of carbonyl (C=O) groups excluding carboxylic acids is 1. The van der Waals surface area contributed by atoms with E-state index >= 15 is 0 Å². The van der Waals surface area contributed by atoms with Crippen molar-refractivity contribution >= 4 is 17.7 Å². The quantitative estimate of drug-likeness (QED) is 0.662. The van der Waals surface area contributed by atoms with Crippen LogP contribution in [-0.2, 0) is 4.79 Å². The number of hydrogen-bond donors (Lipinski definition) is 2. The average molecular weight is 260 g/mol. The number of rotatable bonds is 7. The number of amides is 1. The van der Waals surface area contributed by atoms with Gasteiger partial charge in [0.2, 0.25) is 5.91 Å². The van der Waals surface area contributed by atoms with Crippen molar-refractivity contribution in [2.75, 3.05) is 38.2 Å². The third kappa shape index (κ3) is 5.75. The van der Waals surface area contributed by atoms with Gasteiger partial charge < -0.3 is 10.4 Å². The first-order valence-corrected chi connectivity index (χ1v) is 7.78. The highest BCUT2D eigenvalue weighted by Crippen LogP contribution is 2.16. The predicted octanol–water partition coefficient (Wildman–Crippen LogP) is 0.702. The molecule has 0 aromatic carbocycles. The lowest BCUT2D eigenvalue weighted by Gasteiger charge is -2.34. The molecule has 4 nitrogen and oxygen atoms in total. The van der Waals surface area contributed by atoms with Crippen LogP contribution in [0, 0.1) is 0 Å². The molecule has 0 aromatic heterocycles. The number of aliphatic hydroxyl groups is 1. The molecule has 0 aliphatic carbocycles. The monoisotopic (exact) mass is 260 g/mol. The topological polar surface area (TPSA) is 52.6 Å². The Bertz CT molecular complexity index is 227. The Hall–Kier alpha value is -0.260. The van der Waals surface area contributed by atoms with Crippen LogP contribution in [-0.4, -0.2) is 60.2 Å². The van der Waals surface area contributed by atoms with Gasteiger partial charge in [0, 0.05) is 19.1 Å². The largest absolute Gasteiger partial charge is 0.395 e. The predicted molar refractivity (Wildman–Crippen MR) is 72.3 cm³/mol. The highest BCUT2D eigenvalue weighted by molar-refractivity contribution is 7.99. The van der Waals surface area contributed by atoms with E-state index in [0.29, 0.717) is 11.8 Å². The van der Waals surface area contributed by atoms with Gasteiger partial charge in [-0.1, -0.05) is 6.42 Å². The van der Waals surface area contributed by atoms with Crippen LogP contribution in [0.25, 0.3) is 0 Å². The number of thioether (sulfide) groups is 1. The van der Waals surface area contributed by atoms with Gasteiger partial charge in [0.05, 0.1) is 12.4 Å². The number of carbonyl (C=O) groups is 1. The van der Waals surface area contributed by atoms with E-state index in [1.807, 2.05) is 6.26 Å². The molecule has 0 bridgehead atoms. The lowest BCUT2D eigenvalue weighted by atomic mass is 10.0. The van der Waals surface area contributed by atoms with Gasteiger partial charge in [0.25, 0.3) is 0 Å². The van der Waals surface area contributed by atoms with Crippen molar-refractivity contribution in [1.29, 1.82) is 0 Å². The molecule has 1 atom stereocenters. The average Bonchev–Trinajstić information content (AvgIpc) is 2.35. The highest BCUT2D eigenvalue weighted by atomic mass is 32.2. The second kappa shape index (κ2) is 8.78. The van der Waals surface area contributed by atoms with E-state index in [2.05, 4.69) is 10.2 Å². The molecule has 1 rings (SSSR count). The summed E-state index contributed by atoms with van der Waals surface area (Å²) >= 11 is 1.54. The fourth-order valence-electron chi connectivity index (χ4n) is 2.25. The first-order valence-electron chi connectivity index (χ1n) is 6.38. The van der Waals surface area contributed by atoms with Crippen LogP contribution in [0.4, 0.5) is 0 Å². The molecule has 100 valence electrons. The van der Waals surface area contributed by atoms with Crippen molar-refractivity contribution in [2.45, 2.75) is 31.7 Å². The number of hydrogen-bond acceptors (Lipinski definition) is 4. The normalized spacial score (nSPS) is 21.4. The lowest BCUT2D eigenvalue weighted by Crippen LogP contribution is -2.43.